The molecular formula is C20H18N4OS. The Morgan fingerprint density at radius 1 is 1.15 bits per heavy atom. The van der Waals surface area contributed by atoms with E-state index in [9.17, 15) is 4.79 Å². The molecule has 1 aliphatic rings. The molecule has 1 fully saturated rings. The van der Waals surface area contributed by atoms with Gasteiger partial charge in [0.15, 0.2) is 0 Å². The maximum Gasteiger partial charge on any atom is 0.227 e. The second-order valence-electron chi connectivity index (χ2n) is 6.20. The molecule has 6 heteroatoms. The van der Waals surface area contributed by atoms with Gasteiger partial charge in [0.25, 0.3) is 0 Å². The molecule has 0 N–H and O–H groups in total. The van der Waals surface area contributed by atoms with Gasteiger partial charge in [-0.3, -0.25) is 4.79 Å². The molecular weight excluding hydrogens is 344 g/mol. The fourth-order valence-corrected chi connectivity index (χ4v) is 4.02. The Morgan fingerprint density at radius 3 is 2.65 bits per heavy atom. The molecule has 3 aromatic rings. The zero-order valence-corrected chi connectivity index (χ0v) is 15.1. The Kier molecular flexibility index (Phi) is 4.55. The van der Waals surface area contributed by atoms with Gasteiger partial charge in [-0.05, 0) is 11.6 Å². The minimum Gasteiger partial charge on any atom is -0.352 e. The summed E-state index contributed by atoms with van der Waals surface area (Å²) in [7, 11) is 0. The fraction of sp³-hybridized carbons (Fsp3) is 0.250. The monoisotopic (exact) mass is 362 g/mol. The molecule has 1 saturated heterocycles. The number of carbonyl (C=O) groups excluding carboxylic acids is 1. The number of terminal acetylenes is 1. The number of nitrogens with zero attached hydrogens (tertiary/aromatic N) is 4. The van der Waals surface area contributed by atoms with Gasteiger partial charge in [0, 0.05) is 26.2 Å². The summed E-state index contributed by atoms with van der Waals surface area (Å²) >= 11 is 1.50. The van der Waals surface area contributed by atoms with E-state index >= 15 is 0 Å². The van der Waals surface area contributed by atoms with Crippen molar-refractivity contribution >= 4 is 33.3 Å². The number of benzene rings is 1. The SMILES string of the molecule is C#Cc1cc2c(N3CCN(C(=O)Cc4ccccc4)CC3)ncnc2s1. The van der Waals surface area contributed by atoms with E-state index in [0.717, 1.165) is 39.6 Å². The highest BCUT2D eigenvalue weighted by atomic mass is 32.1. The first-order valence-electron chi connectivity index (χ1n) is 8.52. The van der Waals surface area contributed by atoms with Gasteiger partial charge >= 0.3 is 0 Å². The van der Waals surface area contributed by atoms with Crippen LogP contribution >= 0.6 is 11.3 Å². The van der Waals surface area contributed by atoms with Crippen LogP contribution in [0.15, 0.2) is 42.7 Å². The molecule has 0 bridgehead atoms. The molecule has 130 valence electrons. The van der Waals surface area contributed by atoms with Crippen LogP contribution in [0, 0.1) is 12.3 Å². The molecule has 2 aromatic heterocycles. The number of aromatic nitrogens is 2. The lowest BCUT2D eigenvalue weighted by atomic mass is 10.1. The van der Waals surface area contributed by atoms with Crippen LogP contribution in [0.25, 0.3) is 10.2 Å². The van der Waals surface area contributed by atoms with Crippen molar-refractivity contribution in [3.05, 3.63) is 53.2 Å². The third kappa shape index (κ3) is 3.26. The van der Waals surface area contributed by atoms with Crippen LogP contribution < -0.4 is 4.90 Å². The van der Waals surface area contributed by atoms with Gasteiger partial charge in [-0.2, -0.15) is 0 Å². The average molecular weight is 362 g/mol. The van der Waals surface area contributed by atoms with Crippen LogP contribution in [0.3, 0.4) is 0 Å². The van der Waals surface area contributed by atoms with Crippen molar-refractivity contribution in [1.82, 2.24) is 14.9 Å². The van der Waals surface area contributed by atoms with Crippen molar-refractivity contribution in [3.8, 4) is 12.3 Å². The van der Waals surface area contributed by atoms with Crippen molar-refractivity contribution in [2.45, 2.75) is 6.42 Å². The van der Waals surface area contributed by atoms with Gasteiger partial charge in [0.1, 0.15) is 17.0 Å². The number of carbonyl (C=O) groups is 1. The molecule has 0 spiro atoms. The van der Waals surface area contributed by atoms with E-state index in [4.69, 9.17) is 6.42 Å². The van der Waals surface area contributed by atoms with Crippen LogP contribution in [0.2, 0.25) is 0 Å². The number of fused-ring (bicyclic) bond motifs is 1. The number of anilines is 1. The average Bonchev–Trinajstić information content (AvgIpc) is 3.12. The summed E-state index contributed by atoms with van der Waals surface area (Å²) in [5.74, 6) is 3.75. The van der Waals surface area contributed by atoms with Crippen LogP contribution in [-0.2, 0) is 11.2 Å². The van der Waals surface area contributed by atoms with E-state index in [2.05, 4.69) is 20.8 Å². The zero-order valence-electron chi connectivity index (χ0n) is 14.3. The first-order valence-corrected chi connectivity index (χ1v) is 9.34. The molecule has 0 atom stereocenters. The molecule has 0 unspecified atom stereocenters. The van der Waals surface area contributed by atoms with Crippen LogP contribution in [0.1, 0.15) is 10.4 Å². The normalized spacial score (nSPS) is 14.4. The van der Waals surface area contributed by atoms with Gasteiger partial charge in [0.2, 0.25) is 5.91 Å². The Hall–Kier alpha value is -2.91. The highest BCUT2D eigenvalue weighted by Gasteiger charge is 2.23. The van der Waals surface area contributed by atoms with Gasteiger partial charge in [-0.25, -0.2) is 9.97 Å². The molecule has 3 heterocycles. The summed E-state index contributed by atoms with van der Waals surface area (Å²) < 4.78 is 0. The highest BCUT2D eigenvalue weighted by Crippen LogP contribution is 2.30. The number of thiophene rings is 1. The second kappa shape index (κ2) is 7.14. The van der Waals surface area contributed by atoms with E-state index < -0.39 is 0 Å². The van der Waals surface area contributed by atoms with Gasteiger partial charge in [-0.15, -0.1) is 17.8 Å². The zero-order chi connectivity index (χ0) is 17.9. The summed E-state index contributed by atoms with van der Waals surface area (Å²) in [5.41, 5.74) is 1.05. The highest BCUT2D eigenvalue weighted by molar-refractivity contribution is 7.19. The Morgan fingerprint density at radius 2 is 1.92 bits per heavy atom. The molecule has 0 saturated carbocycles. The molecule has 1 amide bonds. The van der Waals surface area contributed by atoms with E-state index in [-0.39, 0.29) is 5.91 Å². The van der Waals surface area contributed by atoms with Crippen LogP contribution in [0.4, 0.5) is 5.82 Å². The number of amides is 1. The van der Waals surface area contributed by atoms with Crippen molar-refractivity contribution in [2.24, 2.45) is 0 Å². The molecule has 5 nitrogen and oxygen atoms in total. The molecule has 1 aliphatic heterocycles. The largest absolute Gasteiger partial charge is 0.352 e. The summed E-state index contributed by atoms with van der Waals surface area (Å²) in [6.45, 7) is 2.91. The van der Waals surface area contributed by atoms with Crippen molar-refractivity contribution in [3.63, 3.8) is 0 Å². The summed E-state index contributed by atoms with van der Waals surface area (Å²) in [4.78, 5) is 27.2. The van der Waals surface area contributed by atoms with Crippen molar-refractivity contribution < 1.29 is 4.79 Å². The Labute approximate surface area is 156 Å². The van der Waals surface area contributed by atoms with Crippen LogP contribution in [0.5, 0.6) is 0 Å². The number of hydrogen-bond donors (Lipinski definition) is 0. The lowest BCUT2D eigenvalue weighted by Crippen LogP contribution is -2.49. The Balaban J connectivity index is 1.45. The molecule has 0 radical (unpaired) electrons. The summed E-state index contributed by atoms with van der Waals surface area (Å²) in [6, 6.07) is 11.8. The molecule has 0 aliphatic carbocycles. The maximum atomic E-state index is 12.5. The number of piperazine rings is 1. The predicted molar refractivity (Wildman–Crippen MR) is 104 cm³/mol. The topological polar surface area (TPSA) is 49.3 Å². The maximum absolute atomic E-state index is 12.5. The smallest absolute Gasteiger partial charge is 0.227 e. The summed E-state index contributed by atoms with van der Waals surface area (Å²) in [6.07, 6.45) is 7.55. The standard InChI is InChI=1S/C20H18N4OS/c1-2-16-13-17-19(21-14-22-20(17)26-16)24-10-8-23(9-11-24)18(25)12-15-6-4-3-5-7-15/h1,3-7,13-14H,8-12H2. The third-order valence-corrected chi connectivity index (χ3v) is 5.56. The van der Waals surface area contributed by atoms with Crippen LogP contribution in [-0.4, -0.2) is 47.0 Å². The van der Waals surface area contributed by atoms with Crippen molar-refractivity contribution in [2.75, 3.05) is 31.1 Å². The van der Waals surface area contributed by atoms with Gasteiger partial charge in [-0.1, -0.05) is 36.3 Å². The second-order valence-corrected chi connectivity index (χ2v) is 7.23. The first kappa shape index (κ1) is 16.6. The lowest BCUT2D eigenvalue weighted by Gasteiger charge is -2.35. The molecule has 1 aromatic carbocycles. The predicted octanol–water partition coefficient (Wildman–Crippen LogP) is 2.56. The quantitative estimate of drug-likeness (QED) is 0.672. The first-order chi connectivity index (χ1) is 12.7. The number of hydrogen-bond acceptors (Lipinski definition) is 5. The van der Waals surface area contributed by atoms with Crippen molar-refractivity contribution in [1.29, 1.82) is 0 Å². The van der Waals surface area contributed by atoms with Gasteiger partial charge < -0.3 is 9.80 Å². The fourth-order valence-electron chi connectivity index (χ4n) is 3.22. The summed E-state index contributed by atoms with van der Waals surface area (Å²) in [5, 5.41) is 0.995. The van der Waals surface area contributed by atoms with E-state index in [0.29, 0.717) is 19.5 Å². The Bertz CT molecular complexity index is 968. The molecule has 26 heavy (non-hydrogen) atoms. The minimum atomic E-state index is 0.175. The number of rotatable bonds is 3. The van der Waals surface area contributed by atoms with E-state index in [1.807, 2.05) is 41.3 Å². The van der Waals surface area contributed by atoms with E-state index in [1.54, 1.807) is 6.33 Å². The third-order valence-electron chi connectivity index (χ3n) is 4.58. The van der Waals surface area contributed by atoms with Gasteiger partial charge in [0.05, 0.1) is 16.7 Å². The molecule has 4 rings (SSSR count). The minimum absolute atomic E-state index is 0.175. The van der Waals surface area contributed by atoms with E-state index in [1.165, 1.54) is 11.3 Å². The lowest BCUT2D eigenvalue weighted by molar-refractivity contribution is -0.130.